The molecule has 0 unspecified atom stereocenters. The van der Waals surface area contributed by atoms with Crippen LogP contribution in [0, 0.1) is 6.42 Å². The normalized spacial score (nSPS) is 9.62. The highest BCUT2D eigenvalue weighted by atomic mass is 32.1. The second kappa shape index (κ2) is 2.13. The highest BCUT2D eigenvalue weighted by Crippen LogP contribution is 2.11. The van der Waals surface area contributed by atoms with Crippen LogP contribution in [0.2, 0.25) is 0 Å². The first-order valence-electron chi connectivity index (χ1n) is 2.33. The number of rotatable bonds is 1. The Bertz CT molecular complexity index is 171. The molecule has 2 nitrogen and oxygen atoms in total. The van der Waals surface area contributed by atoms with Crippen molar-refractivity contribution in [2.75, 3.05) is 5.73 Å². The molecule has 8 heavy (non-hydrogen) atoms. The van der Waals surface area contributed by atoms with E-state index < -0.39 is 0 Å². The molecule has 0 aliphatic heterocycles. The number of nitrogen functional groups attached to an aromatic ring is 1. The zero-order valence-electron chi connectivity index (χ0n) is 4.59. The molecule has 0 aliphatic carbocycles. The molecule has 1 radical (unpaired) electrons. The van der Waals surface area contributed by atoms with Gasteiger partial charge in [0, 0.05) is 11.8 Å². The highest BCUT2D eigenvalue weighted by molar-refractivity contribution is 7.13. The minimum atomic E-state index is 0.637. The van der Waals surface area contributed by atoms with E-state index in [1.165, 1.54) is 11.3 Å². The van der Waals surface area contributed by atoms with E-state index in [0.29, 0.717) is 5.13 Å². The van der Waals surface area contributed by atoms with Crippen molar-refractivity contribution in [1.29, 1.82) is 0 Å². The van der Waals surface area contributed by atoms with Gasteiger partial charge < -0.3 is 5.73 Å². The molecule has 1 rings (SSSR count). The molecule has 0 saturated heterocycles. The number of thiazole rings is 1. The number of anilines is 1. The van der Waals surface area contributed by atoms with Crippen molar-refractivity contribution in [2.24, 2.45) is 0 Å². The van der Waals surface area contributed by atoms with Gasteiger partial charge in [-0.05, 0) is 0 Å². The largest absolute Gasteiger partial charge is 0.375 e. The van der Waals surface area contributed by atoms with Crippen molar-refractivity contribution in [3.63, 3.8) is 0 Å². The zero-order valence-corrected chi connectivity index (χ0v) is 5.40. The Labute approximate surface area is 52.4 Å². The van der Waals surface area contributed by atoms with Crippen molar-refractivity contribution in [3.05, 3.63) is 17.5 Å². The van der Waals surface area contributed by atoms with Crippen molar-refractivity contribution in [1.82, 2.24) is 4.98 Å². The summed E-state index contributed by atoms with van der Waals surface area (Å²) < 4.78 is 0. The molecule has 1 aromatic rings. The summed E-state index contributed by atoms with van der Waals surface area (Å²) in [6.07, 6.45) is 1.92. The van der Waals surface area contributed by atoms with Gasteiger partial charge in [0.25, 0.3) is 0 Å². The first kappa shape index (κ1) is 5.56. The van der Waals surface area contributed by atoms with Gasteiger partial charge in [-0.25, -0.2) is 4.98 Å². The minimum Gasteiger partial charge on any atom is -0.375 e. The van der Waals surface area contributed by atoms with Crippen molar-refractivity contribution in [2.45, 2.75) is 6.92 Å². The van der Waals surface area contributed by atoms with Gasteiger partial charge in [0.2, 0.25) is 0 Å². The molecule has 1 heterocycles. The Morgan fingerprint density at radius 3 is 2.88 bits per heavy atom. The lowest BCUT2D eigenvalue weighted by molar-refractivity contribution is 1.27. The van der Waals surface area contributed by atoms with Gasteiger partial charge in [0.05, 0.1) is 5.69 Å². The van der Waals surface area contributed by atoms with Gasteiger partial charge >= 0.3 is 0 Å². The van der Waals surface area contributed by atoms with E-state index in [1.807, 2.05) is 18.7 Å². The molecule has 0 spiro atoms. The fraction of sp³-hybridized carbons (Fsp3) is 0.200. The van der Waals surface area contributed by atoms with Gasteiger partial charge in [-0.1, -0.05) is 6.92 Å². The molecule has 2 N–H and O–H groups in total. The van der Waals surface area contributed by atoms with Crippen LogP contribution >= 0.6 is 11.3 Å². The molecule has 1 aromatic heterocycles. The van der Waals surface area contributed by atoms with Crippen LogP contribution in [0.5, 0.6) is 0 Å². The number of nitrogens with two attached hydrogens (primary N) is 1. The lowest BCUT2D eigenvalue weighted by atomic mass is 10.4. The predicted molar refractivity (Wildman–Crippen MR) is 35.6 cm³/mol. The Balaban J connectivity index is 2.84. The van der Waals surface area contributed by atoms with Crippen LogP contribution in [0.1, 0.15) is 12.6 Å². The van der Waals surface area contributed by atoms with Crippen LogP contribution < -0.4 is 5.73 Å². The average molecular weight is 127 g/mol. The van der Waals surface area contributed by atoms with Gasteiger partial charge in [-0.3, -0.25) is 0 Å². The van der Waals surface area contributed by atoms with E-state index >= 15 is 0 Å². The van der Waals surface area contributed by atoms with Gasteiger partial charge in [-0.2, -0.15) is 0 Å². The van der Waals surface area contributed by atoms with Gasteiger partial charge in [0.1, 0.15) is 0 Å². The third-order valence-electron chi connectivity index (χ3n) is 0.835. The molecule has 3 heteroatoms. The third kappa shape index (κ3) is 0.980. The maximum absolute atomic E-state index is 5.34. The highest BCUT2D eigenvalue weighted by Gasteiger charge is 1.92. The maximum Gasteiger partial charge on any atom is 0.180 e. The molecule has 0 saturated carbocycles. The lowest BCUT2D eigenvalue weighted by Crippen LogP contribution is -1.82. The topological polar surface area (TPSA) is 38.9 Å². The number of aromatic nitrogens is 1. The summed E-state index contributed by atoms with van der Waals surface area (Å²) in [4.78, 5) is 3.97. The summed E-state index contributed by atoms with van der Waals surface area (Å²) in [5.41, 5.74) is 6.31. The van der Waals surface area contributed by atoms with E-state index in [4.69, 9.17) is 5.73 Å². The van der Waals surface area contributed by atoms with Crippen LogP contribution in [0.4, 0.5) is 5.13 Å². The first-order chi connectivity index (χ1) is 3.83. The SMILES string of the molecule is C[CH]c1csc(N)n1. The molecular weight excluding hydrogens is 120 g/mol. The van der Waals surface area contributed by atoms with Crippen LogP contribution in [0.15, 0.2) is 5.38 Å². The van der Waals surface area contributed by atoms with Crippen molar-refractivity contribution in [3.8, 4) is 0 Å². The summed E-state index contributed by atoms with van der Waals surface area (Å²) >= 11 is 1.46. The molecule has 0 aromatic carbocycles. The molecule has 0 aliphatic rings. The monoisotopic (exact) mass is 127 g/mol. The number of hydrogen-bond donors (Lipinski definition) is 1. The molecule has 0 atom stereocenters. The van der Waals surface area contributed by atoms with Crippen LogP contribution in [-0.2, 0) is 0 Å². The molecule has 0 bridgehead atoms. The van der Waals surface area contributed by atoms with E-state index in [-0.39, 0.29) is 0 Å². The summed E-state index contributed by atoms with van der Waals surface area (Å²) in [6, 6.07) is 0. The van der Waals surface area contributed by atoms with Crippen molar-refractivity contribution >= 4 is 16.5 Å². The fourth-order valence-electron chi connectivity index (χ4n) is 0.433. The maximum atomic E-state index is 5.34. The second-order valence-electron chi connectivity index (χ2n) is 1.40. The summed E-state index contributed by atoms with van der Waals surface area (Å²) in [5.74, 6) is 0. The van der Waals surface area contributed by atoms with Crippen LogP contribution in [0.3, 0.4) is 0 Å². The Hall–Kier alpha value is -0.570. The van der Waals surface area contributed by atoms with E-state index in [1.54, 1.807) is 0 Å². The van der Waals surface area contributed by atoms with Gasteiger partial charge in [-0.15, -0.1) is 11.3 Å². The Morgan fingerprint density at radius 2 is 2.62 bits per heavy atom. The van der Waals surface area contributed by atoms with Crippen LogP contribution in [-0.4, -0.2) is 4.98 Å². The smallest absolute Gasteiger partial charge is 0.180 e. The molecular formula is C5H7N2S. The summed E-state index contributed by atoms with van der Waals surface area (Å²) in [6.45, 7) is 1.94. The van der Waals surface area contributed by atoms with Crippen LogP contribution in [0.25, 0.3) is 0 Å². The average Bonchev–Trinajstić information content (AvgIpc) is 2.14. The molecule has 43 valence electrons. The Morgan fingerprint density at radius 1 is 1.88 bits per heavy atom. The fourth-order valence-corrected chi connectivity index (χ4v) is 1.02. The Kier molecular flexibility index (Phi) is 1.48. The second-order valence-corrected chi connectivity index (χ2v) is 2.29. The van der Waals surface area contributed by atoms with E-state index in [9.17, 15) is 0 Å². The minimum absolute atomic E-state index is 0.637. The van der Waals surface area contributed by atoms with E-state index in [0.717, 1.165) is 5.69 Å². The number of hydrogen-bond acceptors (Lipinski definition) is 3. The predicted octanol–water partition coefficient (Wildman–Crippen LogP) is 1.30. The lowest BCUT2D eigenvalue weighted by Gasteiger charge is -1.79. The third-order valence-corrected chi connectivity index (χ3v) is 1.53. The standard InChI is InChI=1S/C5H7N2S/c1-2-4-3-8-5(6)7-4/h2-3H,1H3,(H2,6,7). The van der Waals surface area contributed by atoms with Crippen molar-refractivity contribution < 1.29 is 0 Å². The molecule has 0 fully saturated rings. The summed E-state index contributed by atoms with van der Waals surface area (Å²) in [7, 11) is 0. The number of nitrogens with zero attached hydrogens (tertiary/aromatic N) is 1. The first-order valence-corrected chi connectivity index (χ1v) is 3.21. The van der Waals surface area contributed by atoms with Gasteiger partial charge in [0.15, 0.2) is 5.13 Å². The molecule has 0 amide bonds. The quantitative estimate of drug-likeness (QED) is 0.617. The summed E-state index contributed by atoms with van der Waals surface area (Å²) in [5, 5.41) is 2.56. The zero-order chi connectivity index (χ0) is 5.98. The van der Waals surface area contributed by atoms with E-state index in [2.05, 4.69) is 4.98 Å².